The molecule has 3 rings (SSSR count). The lowest BCUT2D eigenvalue weighted by Crippen LogP contribution is -2.43. The number of methoxy groups -OCH3 is 1. The summed E-state index contributed by atoms with van der Waals surface area (Å²) in [6.07, 6.45) is 5.43. The number of aromatic nitrogens is 2. The van der Waals surface area contributed by atoms with Crippen molar-refractivity contribution >= 4 is 0 Å². The third kappa shape index (κ3) is 4.29. The Labute approximate surface area is 137 Å². The SMILES string of the molecule is COCCc1noc(CN2CCCC2CN2CCCC2CO)n1. The zero-order valence-corrected chi connectivity index (χ0v) is 14.0. The first kappa shape index (κ1) is 16.8. The second-order valence-electron chi connectivity index (χ2n) is 6.59. The second kappa shape index (κ2) is 8.19. The summed E-state index contributed by atoms with van der Waals surface area (Å²) in [7, 11) is 1.67. The van der Waals surface area contributed by atoms with E-state index in [-0.39, 0.29) is 6.61 Å². The minimum absolute atomic E-state index is 0.277. The molecule has 3 heterocycles. The van der Waals surface area contributed by atoms with E-state index in [4.69, 9.17) is 9.26 Å². The molecule has 0 saturated carbocycles. The van der Waals surface area contributed by atoms with Gasteiger partial charge in [-0.1, -0.05) is 5.16 Å². The quantitative estimate of drug-likeness (QED) is 0.753. The summed E-state index contributed by atoms with van der Waals surface area (Å²) in [5.41, 5.74) is 0. The molecule has 23 heavy (non-hydrogen) atoms. The Kier molecular flexibility index (Phi) is 5.99. The van der Waals surface area contributed by atoms with Gasteiger partial charge in [0.05, 0.1) is 19.8 Å². The average molecular weight is 324 g/mol. The van der Waals surface area contributed by atoms with Crippen LogP contribution in [0.15, 0.2) is 4.52 Å². The van der Waals surface area contributed by atoms with Crippen LogP contribution in [0.3, 0.4) is 0 Å². The molecule has 7 heteroatoms. The first-order valence-electron chi connectivity index (χ1n) is 8.69. The fraction of sp³-hybridized carbons (Fsp3) is 0.875. The molecule has 2 atom stereocenters. The van der Waals surface area contributed by atoms with E-state index < -0.39 is 0 Å². The van der Waals surface area contributed by atoms with Gasteiger partial charge in [0.25, 0.3) is 0 Å². The topological polar surface area (TPSA) is 74.9 Å². The summed E-state index contributed by atoms with van der Waals surface area (Å²) in [6, 6.07) is 0.873. The van der Waals surface area contributed by atoms with Crippen LogP contribution in [0.1, 0.15) is 37.4 Å². The Balaban J connectivity index is 1.53. The van der Waals surface area contributed by atoms with Crippen LogP contribution in [0.4, 0.5) is 0 Å². The number of likely N-dealkylation sites (tertiary alicyclic amines) is 2. The monoisotopic (exact) mass is 324 g/mol. The summed E-state index contributed by atoms with van der Waals surface area (Å²) in [4.78, 5) is 9.35. The van der Waals surface area contributed by atoms with Gasteiger partial charge in [-0.25, -0.2) is 0 Å². The van der Waals surface area contributed by atoms with Crippen molar-refractivity contribution in [1.82, 2.24) is 19.9 Å². The van der Waals surface area contributed by atoms with Gasteiger partial charge < -0.3 is 14.4 Å². The van der Waals surface area contributed by atoms with E-state index in [0.717, 1.165) is 38.4 Å². The van der Waals surface area contributed by atoms with E-state index in [9.17, 15) is 5.11 Å². The Bertz CT molecular complexity index is 482. The van der Waals surface area contributed by atoms with Crippen LogP contribution in [0.2, 0.25) is 0 Å². The van der Waals surface area contributed by atoms with Gasteiger partial charge in [-0.2, -0.15) is 4.98 Å². The molecule has 1 N–H and O–H groups in total. The summed E-state index contributed by atoms with van der Waals surface area (Å²) in [6.45, 7) is 4.84. The zero-order valence-electron chi connectivity index (χ0n) is 14.0. The van der Waals surface area contributed by atoms with Crippen LogP contribution < -0.4 is 0 Å². The molecule has 0 radical (unpaired) electrons. The van der Waals surface area contributed by atoms with E-state index in [2.05, 4.69) is 19.9 Å². The standard InChI is InChI=1S/C16H28N4O3/c1-22-9-6-15-17-16(23-18-15)11-20-8-2-4-13(20)10-19-7-3-5-14(19)12-21/h13-14,21H,2-12H2,1H3. The van der Waals surface area contributed by atoms with Crippen molar-refractivity contribution in [2.24, 2.45) is 0 Å². The van der Waals surface area contributed by atoms with Crippen molar-refractivity contribution in [2.45, 2.75) is 50.7 Å². The average Bonchev–Trinajstić information content (AvgIpc) is 3.28. The van der Waals surface area contributed by atoms with Gasteiger partial charge in [-0.3, -0.25) is 9.80 Å². The molecule has 0 amide bonds. The van der Waals surface area contributed by atoms with Crippen LogP contribution in [0, 0.1) is 0 Å². The summed E-state index contributed by atoms with van der Waals surface area (Å²) >= 11 is 0. The molecule has 2 unspecified atom stereocenters. The fourth-order valence-corrected chi connectivity index (χ4v) is 3.75. The smallest absolute Gasteiger partial charge is 0.240 e. The van der Waals surface area contributed by atoms with Gasteiger partial charge in [0.1, 0.15) is 0 Å². The van der Waals surface area contributed by atoms with Gasteiger partial charge in [-0.15, -0.1) is 0 Å². The van der Waals surface area contributed by atoms with E-state index in [1.165, 1.54) is 19.3 Å². The highest BCUT2D eigenvalue weighted by molar-refractivity contribution is 4.91. The highest BCUT2D eigenvalue weighted by atomic mass is 16.5. The second-order valence-corrected chi connectivity index (χ2v) is 6.59. The molecule has 0 aromatic carbocycles. The van der Waals surface area contributed by atoms with Crippen LogP contribution >= 0.6 is 0 Å². The van der Waals surface area contributed by atoms with Gasteiger partial charge in [-0.05, 0) is 38.8 Å². The Morgan fingerprint density at radius 1 is 1.22 bits per heavy atom. The Hall–Kier alpha value is -1.02. The maximum absolute atomic E-state index is 9.49. The number of aliphatic hydroxyl groups is 1. The molecule has 0 aliphatic carbocycles. The largest absolute Gasteiger partial charge is 0.395 e. The van der Waals surface area contributed by atoms with Gasteiger partial charge in [0.2, 0.25) is 5.89 Å². The molecule has 2 aliphatic heterocycles. The van der Waals surface area contributed by atoms with Crippen molar-refractivity contribution in [2.75, 3.05) is 40.0 Å². The van der Waals surface area contributed by atoms with Crippen molar-refractivity contribution in [3.63, 3.8) is 0 Å². The van der Waals surface area contributed by atoms with Crippen LogP contribution in [0.5, 0.6) is 0 Å². The summed E-state index contributed by atoms with van der Waals surface area (Å²) < 4.78 is 10.4. The number of hydrogen-bond donors (Lipinski definition) is 1. The Morgan fingerprint density at radius 3 is 2.78 bits per heavy atom. The van der Waals surface area contributed by atoms with Crippen LogP contribution in [-0.2, 0) is 17.7 Å². The lowest BCUT2D eigenvalue weighted by molar-refractivity contribution is 0.115. The number of rotatable bonds is 8. The lowest BCUT2D eigenvalue weighted by Gasteiger charge is -2.30. The minimum Gasteiger partial charge on any atom is -0.395 e. The van der Waals surface area contributed by atoms with Crippen molar-refractivity contribution < 1.29 is 14.4 Å². The molecule has 0 bridgehead atoms. The maximum Gasteiger partial charge on any atom is 0.240 e. The zero-order chi connectivity index (χ0) is 16.1. The Morgan fingerprint density at radius 2 is 2.00 bits per heavy atom. The third-order valence-corrected chi connectivity index (χ3v) is 5.03. The molecule has 1 aromatic rings. The van der Waals surface area contributed by atoms with Gasteiger partial charge >= 0.3 is 0 Å². The van der Waals surface area contributed by atoms with Crippen molar-refractivity contribution in [3.05, 3.63) is 11.7 Å². The molecule has 2 aliphatic rings. The molecule has 130 valence electrons. The number of ether oxygens (including phenoxy) is 1. The fourth-order valence-electron chi connectivity index (χ4n) is 3.75. The number of hydrogen-bond acceptors (Lipinski definition) is 7. The predicted octanol–water partition coefficient (Wildman–Crippen LogP) is 0.680. The molecule has 1 aromatic heterocycles. The summed E-state index contributed by atoms with van der Waals surface area (Å²) in [5.74, 6) is 1.42. The third-order valence-electron chi connectivity index (χ3n) is 5.03. The molecular weight excluding hydrogens is 296 g/mol. The summed E-state index contributed by atoms with van der Waals surface area (Å²) in [5, 5.41) is 13.5. The highest BCUT2D eigenvalue weighted by Gasteiger charge is 2.31. The lowest BCUT2D eigenvalue weighted by atomic mass is 10.2. The first-order chi connectivity index (χ1) is 11.3. The van der Waals surface area contributed by atoms with Crippen LogP contribution in [-0.4, -0.2) is 77.1 Å². The highest BCUT2D eigenvalue weighted by Crippen LogP contribution is 2.24. The van der Waals surface area contributed by atoms with Crippen molar-refractivity contribution in [1.29, 1.82) is 0 Å². The predicted molar refractivity (Wildman–Crippen MR) is 85.0 cm³/mol. The molecular formula is C16H28N4O3. The molecule has 2 saturated heterocycles. The van der Waals surface area contributed by atoms with E-state index >= 15 is 0 Å². The number of aliphatic hydroxyl groups excluding tert-OH is 1. The number of nitrogens with zero attached hydrogens (tertiary/aromatic N) is 4. The van der Waals surface area contributed by atoms with Gasteiger partial charge in [0, 0.05) is 32.2 Å². The normalized spacial score (nSPS) is 26.3. The van der Waals surface area contributed by atoms with Gasteiger partial charge in [0.15, 0.2) is 5.82 Å². The van der Waals surface area contributed by atoms with Crippen LogP contribution in [0.25, 0.3) is 0 Å². The minimum atomic E-state index is 0.277. The molecule has 2 fully saturated rings. The van der Waals surface area contributed by atoms with E-state index in [1.807, 2.05) is 0 Å². The maximum atomic E-state index is 9.49. The van der Waals surface area contributed by atoms with E-state index in [0.29, 0.717) is 31.0 Å². The van der Waals surface area contributed by atoms with E-state index in [1.54, 1.807) is 7.11 Å². The first-order valence-corrected chi connectivity index (χ1v) is 8.69. The molecule has 0 spiro atoms. The molecule has 7 nitrogen and oxygen atoms in total. The van der Waals surface area contributed by atoms with Crippen molar-refractivity contribution in [3.8, 4) is 0 Å².